The van der Waals surface area contributed by atoms with Crippen LogP contribution in [0.1, 0.15) is 122 Å². The molecular weight excluding hydrogens is 947 g/mol. The van der Waals surface area contributed by atoms with E-state index >= 15 is 4.39 Å². The van der Waals surface area contributed by atoms with E-state index in [-0.39, 0.29) is 95.2 Å². The highest BCUT2D eigenvalue weighted by molar-refractivity contribution is 6.34. The molecule has 380 valence electrons. The highest BCUT2D eigenvalue weighted by Crippen LogP contribution is 2.45. The van der Waals surface area contributed by atoms with E-state index in [4.69, 9.17) is 27.1 Å². The second-order valence-electron chi connectivity index (χ2n) is 20.3. The zero-order valence-electron chi connectivity index (χ0n) is 39.9. The maximum Gasteiger partial charge on any atom is 0.418 e. The number of piperazine rings is 1. The number of halogens is 6. The molecule has 0 radical (unpaired) electrons. The Labute approximate surface area is 414 Å². The number of ether oxygens (including phenoxy) is 1. The predicted molar refractivity (Wildman–Crippen MR) is 258 cm³/mol. The number of fused-ring (bicyclic) bond motifs is 4. The lowest BCUT2D eigenvalue weighted by atomic mass is 9.85. The van der Waals surface area contributed by atoms with Crippen molar-refractivity contribution in [3.05, 3.63) is 68.7 Å². The lowest BCUT2D eigenvalue weighted by Gasteiger charge is -2.34. The van der Waals surface area contributed by atoms with Crippen LogP contribution in [-0.4, -0.2) is 124 Å². The number of amides is 3. The standard InChI is InChI=1S/C51H60ClF5N10O4/c1-28-20-40(58)60-46(43(28)51(55,56)57)42-38(52)23-36-45(44(42)54)62-50(63-47(36)66-24-31-9-10-32(25-66)59-31)71-27-33-8-7-17-65(33)16-6-4-2-3-5-15-64-18-13-29(14-19-64)34-21-30(53)22-35-37(34)26-67(49(35)70)39-11-12-41(68)61-48(39)69/h20-23,29,31-33,39,59H,2-19,24-27H2,1H3,(H2,58,60)(H,61,68,69)/t31?,32?,33-,39?/m0/s1. The average molecular weight is 1010 g/mol. The molecule has 4 N–H and O–H groups in total. The maximum atomic E-state index is 16.9. The minimum atomic E-state index is -4.86. The van der Waals surface area contributed by atoms with Gasteiger partial charge in [-0.05, 0) is 144 Å². The van der Waals surface area contributed by atoms with Gasteiger partial charge in [0.25, 0.3) is 5.91 Å². The molecule has 10 rings (SSSR count). The molecule has 0 spiro atoms. The van der Waals surface area contributed by atoms with E-state index in [1.807, 2.05) is 0 Å². The van der Waals surface area contributed by atoms with Crippen molar-refractivity contribution in [3.63, 3.8) is 0 Å². The largest absolute Gasteiger partial charge is 0.462 e. The number of likely N-dealkylation sites (tertiary alicyclic amines) is 2. The Morgan fingerprint density at radius 1 is 0.873 bits per heavy atom. The summed E-state index contributed by atoms with van der Waals surface area (Å²) < 4.78 is 81.5. The minimum absolute atomic E-state index is 0.0540. The molecule has 5 saturated heterocycles. The van der Waals surface area contributed by atoms with Crippen LogP contribution in [0.15, 0.2) is 24.3 Å². The number of imide groups is 1. The van der Waals surface area contributed by atoms with Crippen LogP contribution in [0.25, 0.3) is 22.2 Å². The predicted octanol–water partition coefficient (Wildman–Crippen LogP) is 7.91. The van der Waals surface area contributed by atoms with Crippen molar-refractivity contribution in [2.75, 3.05) is 63.1 Å². The van der Waals surface area contributed by atoms with E-state index in [2.05, 4.69) is 35.3 Å². The number of aromatic nitrogens is 3. The Morgan fingerprint density at radius 2 is 1.61 bits per heavy atom. The third-order valence-electron chi connectivity index (χ3n) is 15.6. The summed E-state index contributed by atoms with van der Waals surface area (Å²) in [5.41, 5.74) is 5.13. The fourth-order valence-corrected chi connectivity index (χ4v) is 12.4. The molecule has 4 atom stereocenters. The number of unbranched alkanes of at least 4 members (excludes halogenated alkanes) is 4. The van der Waals surface area contributed by atoms with Crippen LogP contribution in [-0.2, 0) is 22.3 Å². The molecule has 6 aliphatic rings. The molecule has 4 aromatic rings. The monoisotopic (exact) mass is 1010 g/mol. The first kappa shape index (κ1) is 49.3. The fourth-order valence-electron chi connectivity index (χ4n) is 12.1. The third kappa shape index (κ3) is 10.2. The molecule has 6 aliphatic heterocycles. The molecule has 71 heavy (non-hydrogen) atoms. The van der Waals surface area contributed by atoms with Crippen LogP contribution in [0.5, 0.6) is 6.01 Å². The highest BCUT2D eigenvalue weighted by atomic mass is 35.5. The molecule has 2 aromatic carbocycles. The van der Waals surface area contributed by atoms with Crippen LogP contribution < -0.4 is 26.0 Å². The Kier molecular flexibility index (Phi) is 14.1. The number of nitrogens with zero attached hydrogens (tertiary/aromatic N) is 7. The van der Waals surface area contributed by atoms with Crippen LogP contribution in [0, 0.1) is 18.6 Å². The number of hydrogen-bond acceptors (Lipinski definition) is 12. The summed E-state index contributed by atoms with van der Waals surface area (Å²) in [6, 6.07) is 5.08. The lowest BCUT2D eigenvalue weighted by molar-refractivity contribution is -0.138. The van der Waals surface area contributed by atoms with Gasteiger partial charge < -0.3 is 30.5 Å². The first-order valence-electron chi connectivity index (χ1n) is 25.2. The van der Waals surface area contributed by atoms with Gasteiger partial charge in [-0.2, -0.15) is 23.1 Å². The van der Waals surface area contributed by atoms with E-state index in [9.17, 15) is 31.9 Å². The number of hydrogen-bond donors (Lipinski definition) is 3. The van der Waals surface area contributed by atoms with Crippen LogP contribution >= 0.6 is 11.6 Å². The number of benzene rings is 2. The van der Waals surface area contributed by atoms with Gasteiger partial charge >= 0.3 is 12.2 Å². The summed E-state index contributed by atoms with van der Waals surface area (Å²) in [4.78, 5) is 59.4. The van der Waals surface area contributed by atoms with E-state index < -0.39 is 46.6 Å². The third-order valence-corrected chi connectivity index (χ3v) is 15.9. The number of pyridine rings is 1. The van der Waals surface area contributed by atoms with Gasteiger partial charge in [0.2, 0.25) is 11.8 Å². The van der Waals surface area contributed by atoms with Gasteiger partial charge in [0.15, 0.2) is 5.82 Å². The number of piperidine rings is 2. The van der Waals surface area contributed by atoms with Crippen molar-refractivity contribution in [2.24, 2.45) is 0 Å². The quantitative estimate of drug-likeness (QED) is 0.0601. The van der Waals surface area contributed by atoms with Crippen molar-refractivity contribution in [1.29, 1.82) is 0 Å². The normalized spacial score (nSPS) is 23.3. The van der Waals surface area contributed by atoms with Gasteiger partial charge in [-0.25, -0.2) is 13.8 Å². The summed E-state index contributed by atoms with van der Waals surface area (Å²) in [6.45, 7) is 7.56. The first-order valence-corrected chi connectivity index (χ1v) is 25.6. The molecule has 3 unspecified atom stereocenters. The van der Waals surface area contributed by atoms with Gasteiger partial charge in [-0.3, -0.25) is 24.6 Å². The second kappa shape index (κ2) is 20.3. The van der Waals surface area contributed by atoms with E-state index in [1.54, 1.807) is 6.07 Å². The first-order chi connectivity index (χ1) is 34.1. The SMILES string of the molecule is Cc1cc(N)nc(-c2c(Cl)cc3c(N4CC5CCC(C4)N5)nc(OC[C@@H]4CCCN4CCCCCCCN4CCC(c5cc(F)cc6c5CN(C5CCC(=O)NC5=O)C6=O)CC4)nc3c2F)c1C(F)(F)F. The number of anilines is 2. The van der Waals surface area contributed by atoms with Crippen LogP contribution in [0.3, 0.4) is 0 Å². The van der Waals surface area contributed by atoms with E-state index in [1.165, 1.54) is 24.0 Å². The maximum absolute atomic E-state index is 16.9. The highest BCUT2D eigenvalue weighted by Gasteiger charge is 2.42. The zero-order valence-corrected chi connectivity index (χ0v) is 40.6. The number of nitrogens with two attached hydrogens (primary N) is 1. The summed E-state index contributed by atoms with van der Waals surface area (Å²) in [6.07, 6.45) is 6.55. The van der Waals surface area contributed by atoms with E-state index in [0.29, 0.717) is 24.5 Å². The van der Waals surface area contributed by atoms with Gasteiger partial charge in [0.1, 0.15) is 35.6 Å². The summed E-state index contributed by atoms with van der Waals surface area (Å²) in [5, 5.41) is 5.94. The van der Waals surface area contributed by atoms with Crippen molar-refractivity contribution >= 4 is 51.9 Å². The Morgan fingerprint density at radius 3 is 2.34 bits per heavy atom. The molecule has 5 fully saturated rings. The molecular formula is C51H60ClF5N10O4. The van der Waals surface area contributed by atoms with Gasteiger partial charge in [-0.15, -0.1) is 0 Å². The topological polar surface area (TPSA) is 162 Å². The summed E-state index contributed by atoms with van der Waals surface area (Å²) in [5.74, 6) is -2.35. The smallest absolute Gasteiger partial charge is 0.418 e. The van der Waals surface area contributed by atoms with Crippen LogP contribution in [0.4, 0.5) is 33.6 Å². The van der Waals surface area contributed by atoms with Crippen molar-refractivity contribution in [1.82, 2.24) is 40.3 Å². The van der Waals surface area contributed by atoms with Crippen LogP contribution in [0.2, 0.25) is 5.02 Å². The molecule has 14 nitrogen and oxygen atoms in total. The molecule has 8 heterocycles. The number of nitrogens with one attached hydrogen (secondary N) is 2. The van der Waals surface area contributed by atoms with Crippen molar-refractivity contribution in [3.8, 4) is 17.3 Å². The van der Waals surface area contributed by atoms with E-state index in [0.717, 1.165) is 121 Å². The Bertz CT molecular complexity index is 2710. The number of carbonyl (C=O) groups excluding carboxylic acids is 3. The number of carbonyl (C=O) groups is 3. The lowest BCUT2D eigenvalue weighted by Crippen LogP contribution is -2.52. The number of aryl methyl sites for hydroxylation is 1. The fraction of sp³-hybridized carbons (Fsp3) is 0.569. The molecule has 3 amide bonds. The van der Waals surface area contributed by atoms with Crippen molar-refractivity contribution < 1.29 is 41.1 Å². The molecule has 2 aromatic heterocycles. The van der Waals surface area contributed by atoms with Gasteiger partial charge in [0.05, 0.1) is 21.8 Å². The summed E-state index contributed by atoms with van der Waals surface area (Å²) in [7, 11) is 0. The minimum Gasteiger partial charge on any atom is -0.462 e. The average Bonchev–Trinajstić information content (AvgIpc) is 4.02. The zero-order chi connectivity index (χ0) is 49.7. The second-order valence-corrected chi connectivity index (χ2v) is 20.8. The van der Waals surface area contributed by atoms with Gasteiger partial charge in [-0.1, -0.05) is 30.9 Å². The number of alkyl halides is 3. The molecule has 0 saturated carbocycles. The Balaban J connectivity index is 0.721. The van der Waals surface area contributed by atoms with Crippen molar-refractivity contribution in [2.45, 2.75) is 133 Å². The van der Waals surface area contributed by atoms with Gasteiger partial charge in [0, 0.05) is 55.1 Å². The molecule has 0 aliphatic carbocycles. The molecule has 20 heteroatoms. The number of rotatable bonds is 15. The summed E-state index contributed by atoms with van der Waals surface area (Å²) >= 11 is 6.69. The molecule has 2 bridgehead atoms. The number of nitrogen functional groups attached to an aromatic ring is 1. The Hall–Kier alpha value is -5.24.